The number of rotatable bonds is 4. The highest BCUT2D eigenvalue weighted by Crippen LogP contribution is 2.25. The molecule has 2 amide bonds. The first-order chi connectivity index (χ1) is 10.2. The van der Waals surface area contributed by atoms with Crippen LogP contribution < -0.4 is 5.73 Å². The third-order valence-electron chi connectivity index (χ3n) is 3.83. The first-order valence-electron chi connectivity index (χ1n) is 6.89. The molecule has 0 bridgehead atoms. The summed E-state index contributed by atoms with van der Waals surface area (Å²) in [6.07, 6.45) is 0.440. The maximum atomic E-state index is 12.5. The van der Waals surface area contributed by atoms with E-state index in [9.17, 15) is 9.59 Å². The van der Waals surface area contributed by atoms with Crippen molar-refractivity contribution >= 4 is 11.8 Å². The summed E-state index contributed by atoms with van der Waals surface area (Å²) in [7, 11) is 0. The van der Waals surface area contributed by atoms with E-state index in [-0.39, 0.29) is 5.91 Å². The molecule has 4 heteroatoms. The molecule has 21 heavy (non-hydrogen) atoms. The molecule has 2 aromatic carbocycles. The van der Waals surface area contributed by atoms with Crippen LogP contribution >= 0.6 is 0 Å². The van der Waals surface area contributed by atoms with Crippen LogP contribution in [0.2, 0.25) is 0 Å². The number of nitrogens with zero attached hydrogens (tertiary/aromatic N) is 1. The summed E-state index contributed by atoms with van der Waals surface area (Å²) < 4.78 is 0. The smallest absolute Gasteiger partial charge is 0.255 e. The summed E-state index contributed by atoms with van der Waals surface area (Å²) in [4.78, 5) is 25.8. The Morgan fingerprint density at radius 2 is 1.76 bits per heavy atom. The average molecular weight is 280 g/mol. The van der Waals surface area contributed by atoms with Crippen molar-refractivity contribution in [1.82, 2.24) is 4.90 Å². The van der Waals surface area contributed by atoms with Gasteiger partial charge in [0.25, 0.3) is 5.91 Å². The van der Waals surface area contributed by atoms with Gasteiger partial charge in [-0.15, -0.1) is 0 Å². The molecule has 2 aromatic rings. The molecule has 4 nitrogen and oxygen atoms in total. The number of nitrogens with two attached hydrogens (primary N) is 1. The quantitative estimate of drug-likeness (QED) is 0.927. The van der Waals surface area contributed by atoms with Gasteiger partial charge in [0, 0.05) is 18.5 Å². The number of benzene rings is 2. The minimum atomic E-state index is -0.618. The summed E-state index contributed by atoms with van der Waals surface area (Å²) in [5.41, 5.74) is 8.13. The van der Waals surface area contributed by atoms with Crippen LogP contribution in [-0.4, -0.2) is 22.8 Å². The van der Waals surface area contributed by atoms with E-state index in [0.29, 0.717) is 18.5 Å². The highest BCUT2D eigenvalue weighted by atomic mass is 16.2. The number of amides is 2. The predicted molar refractivity (Wildman–Crippen MR) is 79.4 cm³/mol. The van der Waals surface area contributed by atoms with Gasteiger partial charge in [-0.05, 0) is 17.2 Å². The van der Waals surface area contributed by atoms with Crippen LogP contribution in [0.3, 0.4) is 0 Å². The average Bonchev–Trinajstić information content (AvgIpc) is 2.83. The van der Waals surface area contributed by atoms with Crippen molar-refractivity contribution in [3.05, 3.63) is 71.3 Å². The monoisotopic (exact) mass is 280 g/mol. The molecule has 0 radical (unpaired) electrons. The first kappa shape index (κ1) is 13.4. The Morgan fingerprint density at radius 1 is 1.10 bits per heavy atom. The zero-order valence-electron chi connectivity index (χ0n) is 11.5. The molecule has 1 aliphatic heterocycles. The third-order valence-corrected chi connectivity index (χ3v) is 3.83. The molecule has 0 spiro atoms. The SMILES string of the molecule is NC(=O)C(Cc1ccccc1)N1Cc2ccccc2C1=O. The fourth-order valence-electron chi connectivity index (χ4n) is 2.73. The molecule has 0 fully saturated rings. The summed E-state index contributed by atoms with van der Waals surface area (Å²) in [5, 5.41) is 0. The Balaban J connectivity index is 1.87. The molecule has 0 saturated carbocycles. The molecule has 1 heterocycles. The van der Waals surface area contributed by atoms with Gasteiger partial charge in [-0.3, -0.25) is 9.59 Å². The van der Waals surface area contributed by atoms with E-state index in [0.717, 1.165) is 11.1 Å². The summed E-state index contributed by atoms with van der Waals surface area (Å²) >= 11 is 0. The Bertz CT molecular complexity index is 682. The van der Waals surface area contributed by atoms with E-state index in [1.54, 1.807) is 11.0 Å². The number of primary amides is 1. The van der Waals surface area contributed by atoms with Crippen molar-refractivity contribution in [2.45, 2.75) is 19.0 Å². The molecular formula is C17H16N2O2. The van der Waals surface area contributed by atoms with Crippen LogP contribution in [0.25, 0.3) is 0 Å². The van der Waals surface area contributed by atoms with Crippen LogP contribution in [0.15, 0.2) is 54.6 Å². The Kier molecular flexibility index (Phi) is 3.44. The van der Waals surface area contributed by atoms with E-state index < -0.39 is 11.9 Å². The van der Waals surface area contributed by atoms with Gasteiger partial charge in [-0.1, -0.05) is 48.5 Å². The lowest BCUT2D eigenvalue weighted by Gasteiger charge is -2.25. The van der Waals surface area contributed by atoms with Crippen molar-refractivity contribution in [3.63, 3.8) is 0 Å². The highest BCUT2D eigenvalue weighted by molar-refractivity contribution is 6.01. The van der Waals surface area contributed by atoms with Crippen molar-refractivity contribution in [2.24, 2.45) is 5.73 Å². The fourth-order valence-corrected chi connectivity index (χ4v) is 2.73. The van der Waals surface area contributed by atoms with Gasteiger partial charge in [-0.2, -0.15) is 0 Å². The van der Waals surface area contributed by atoms with Gasteiger partial charge in [0.2, 0.25) is 5.91 Å². The van der Waals surface area contributed by atoms with Crippen molar-refractivity contribution in [2.75, 3.05) is 0 Å². The van der Waals surface area contributed by atoms with Gasteiger partial charge < -0.3 is 10.6 Å². The lowest BCUT2D eigenvalue weighted by Crippen LogP contribution is -2.46. The summed E-state index contributed by atoms with van der Waals surface area (Å²) in [6.45, 7) is 0.440. The van der Waals surface area contributed by atoms with Gasteiger partial charge >= 0.3 is 0 Å². The Morgan fingerprint density at radius 3 is 2.43 bits per heavy atom. The number of hydrogen-bond acceptors (Lipinski definition) is 2. The van der Waals surface area contributed by atoms with Crippen LogP contribution in [-0.2, 0) is 17.8 Å². The van der Waals surface area contributed by atoms with Gasteiger partial charge in [-0.25, -0.2) is 0 Å². The van der Waals surface area contributed by atoms with E-state index in [2.05, 4.69) is 0 Å². The fraction of sp³-hybridized carbons (Fsp3) is 0.176. The number of hydrogen-bond donors (Lipinski definition) is 1. The molecule has 0 aliphatic carbocycles. The van der Waals surface area contributed by atoms with Crippen molar-refractivity contribution in [1.29, 1.82) is 0 Å². The second-order valence-electron chi connectivity index (χ2n) is 5.20. The van der Waals surface area contributed by atoms with E-state index in [1.165, 1.54) is 0 Å². The van der Waals surface area contributed by atoms with Crippen molar-refractivity contribution in [3.8, 4) is 0 Å². The molecule has 1 atom stereocenters. The molecule has 2 N–H and O–H groups in total. The normalized spacial score (nSPS) is 14.9. The minimum absolute atomic E-state index is 0.120. The summed E-state index contributed by atoms with van der Waals surface area (Å²) in [5.74, 6) is -0.592. The number of carbonyl (C=O) groups excluding carboxylic acids is 2. The Hall–Kier alpha value is -2.62. The molecular weight excluding hydrogens is 264 g/mol. The molecule has 3 rings (SSSR count). The lowest BCUT2D eigenvalue weighted by atomic mass is 10.0. The zero-order valence-corrected chi connectivity index (χ0v) is 11.5. The number of fused-ring (bicyclic) bond motifs is 1. The molecule has 0 saturated heterocycles. The second kappa shape index (κ2) is 5.40. The van der Waals surface area contributed by atoms with Gasteiger partial charge in [0.15, 0.2) is 0 Å². The van der Waals surface area contributed by atoms with Crippen molar-refractivity contribution < 1.29 is 9.59 Å². The second-order valence-corrected chi connectivity index (χ2v) is 5.20. The zero-order chi connectivity index (χ0) is 14.8. The topological polar surface area (TPSA) is 63.4 Å². The van der Waals surface area contributed by atoms with E-state index in [4.69, 9.17) is 5.73 Å². The molecule has 0 aromatic heterocycles. The standard InChI is InChI=1S/C17H16N2O2/c18-16(20)15(10-12-6-2-1-3-7-12)19-11-13-8-4-5-9-14(13)17(19)21/h1-9,15H,10-11H2,(H2,18,20). The molecule has 1 aliphatic rings. The lowest BCUT2D eigenvalue weighted by molar-refractivity contribution is -0.122. The van der Waals surface area contributed by atoms with E-state index in [1.807, 2.05) is 48.5 Å². The van der Waals surface area contributed by atoms with E-state index >= 15 is 0 Å². The van der Waals surface area contributed by atoms with Crippen LogP contribution in [0, 0.1) is 0 Å². The van der Waals surface area contributed by atoms with Gasteiger partial charge in [0.05, 0.1) is 0 Å². The molecule has 106 valence electrons. The van der Waals surface area contributed by atoms with Crippen LogP contribution in [0.5, 0.6) is 0 Å². The molecule has 1 unspecified atom stereocenters. The van der Waals surface area contributed by atoms with Crippen LogP contribution in [0.4, 0.5) is 0 Å². The highest BCUT2D eigenvalue weighted by Gasteiger charge is 2.35. The summed E-state index contributed by atoms with van der Waals surface area (Å²) in [6, 6.07) is 16.4. The van der Waals surface area contributed by atoms with Gasteiger partial charge in [0.1, 0.15) is 6.04 Å². The first-order valence-corrected chi connectivity index (χ1v) is 6.89. The maximum Gasteiger partial charge on any atom is 0.255 e. The largest absolute Gasteiger partial charge is 0.368 e. The third kappa shape index (κ3) is 2.52. The predicted octanol–water partition coefficient (Wildman–Crippen LogP) is 1.74. The van der Waals surface area contributed by atoms with Crippen LogP contribution in [0.1, 0.15) is 21.5 Å². The number of carbonyl (C=O) groups is 2. The maximum absolute atomic E-state index is 12.5. The minimum Gasteiger partial charge on any atom is -0.368 e. The Labute approximate surface area is 123 Å².